The second-order valence-corrected chi connectivity index (χ2v) is 7.83. The van der Waals surface area contributed by atoms with E-state index in [1.54, 1.807) is 6.07 Å². The summed E-state index contributed by atoms with van der Waals surface area (Å²) >= 11 is 0. The van der Waals surface area contributed by atoms with E-state index in [9.17, 15) is 40.7 Å². The molecule has 1 fully saturated rings. The Hall–Kier alpha value is -4.36. The highest BCUT2D eigenvalue weighted by molar-refractivity contribution is 6.10. The summed E-state index contributed by atoms with van der Waals surface area (Å²) in [6, 6.07) is 8.86. The minimum atomic E-state index is -4.70. The van der Waals surface area contributed by atoms with Gasteiger partial charge in [-0.15, -0.1) is 0 Å². The van der Waals surface area contributed by atoms with E-state index in [-0.39, 0.29) is 16.7 Å². The Bertz CT molecular complexity index is 1240. The number of alkyl halides is 6. The third kappa shape index (κ3) is 6.26. The molecule has 1 atom stereocenters. The van der Waals surface area contributed by atoms with Gasteiger partial charge in [0, 0.05) is 11.8 Å². The molecule has 5 N–H and O–H groups in total. The number of carbonyl (C=O) groups is 3. The van der Waals surface area contributed by atoms with Crippen LogP contribution in [0.25, 0.3) is 11.1 Å². The standard InChI is InChI=1S/C23H19F6N5O3/c24-22(25,26)12-31-17(9-10-30)21(19(36)33-20(37)34-21)11-32-18(35)16-4-2-1-3-15(16)13-5-7-14(8-6-13)23(27,28)29/h1-10,30-31H,11-12H2,(H,32,35)(H2,33,34,36,37)/b17-9-,30-10?. The zero-order chi connectivity index (χ0) is 27.4. The van der Waals surface area contributed by atoms with Crippen LogP contribution in [0, 0.1) is 5.41 Å². The molecule has 0 saturated carbocycles. The van der Waals surface area contributed by atoms with Crippen molar-refractivity contribution in [2.45, 2.75) is 17.9 Å². The van der Waals surface area contributed by atoms with Gasteiger partial charge in [-0.25, -0.2) is 4.79 Å². The van der Waals surface area contributed by atoms with Crippen molar-refractivity contribution in [2.24, 2.45) is 0 Å². The normalized spacial score (nSPS) is 18.2. The fourth-order valence-electron chi connectivity index (χ4n) is 3.61. The van der Waals surface area contributed by atoms with Gasteiger partial charge >= 0.3 is 18.4 Å². The van der Waals surface area contributed by atoms with Gasteiger partial charge in [0.1, 0.15) is 6.54 Å². The van der Waals surface area contributed by atoms with Crippen molar-refractivity contribution in [3.05, 3.63) is 71.4 Å². The lowest BCUT2D eigenvalue weighted by molar-refractivity contribution is -0.137. The maximum atomic E-state index is 13.0. The molecule has 0 spiro atoms. The quantitative estimate of drug-likeness (QED) is 0.205. The first-order valence-corrected chi connectivity index (χ1v) is 10.5. The fourth-order valence-corrected chi connectivity index (χ4v) is 3.61. The Morgan fingerprint density at radius 2 is 1.62 bits per heavy atom. The van der Waals surface area contributed by atoms with Crippen molar-refractivity contribution in [3.63, 3.8) is 0 Å². The number of benzene rings is 2. The minimum absolute atomic E-state index is 0.0111. The van der Waals surface area contributed by atoms with Gasteiger partial charge in [0.2, 0.25) is 0 Å². The van der Waals surface area contributed by atoms with Crippen LogP contribution in [0.5, 0.6) is 0 Å². The lowest BCUT2D eigenvalue weighted by Crippen LogP contribution is -2.59. The van der Waals surface area contributed by atoms with Crippen LogP contribution < -0.4 is 21.3 Å². The van der Waals surface area contributed by atoms with E-state index in [1.807, 2.05) is 10.6 Å². The topological polar surface area (TPSA) is 123 Å². The number of allylic oxidation sites excluding steroid dienone is 1. The SMILES string of the molecule is N=C/C=C(\NCC(F)(F)F)C1(CNC(=O)c2ccccc2-c2ccc(C(F)(F)F)cc2)NC(=O)NC1=O. The number of amides is 4. The van der Waals surface area contributed by atoms with E-state index in [1.165, 1.54) is 30.3 Å². The van der Waals surface area contributed by atoms with Crippen molar-refractivity contribution < 1.29 is 40.7 Å². The Balaban J connectivity index is 1.90. The van der Waals surface area contributed by atoms with Crippen LogP contribution in [0.15, 0.2) is 60.3 Å². The van der Waals surface area contributed by atoms with Gasteiger partial charge in [-0.2, -0.15) is 26.3 Å². The smallest absolute Gasteiger partial charge is 0.377 e. The van der Waals surface area contributed by atoms with Gasteiger partial charge in [-0.3, -0.25) is 14.9 Å². The third-order valence-electron chi connectivity index (χ3n) is 5.34. The van der Waals surface area contributed by atoms with Gasteiger partial charge in [-0.1, -0.05) is 30.3 Å². The van der Waals surface area contributed by atoms with Gasteiger partial charge in [0.15, 0.2) is 5.54 Å². The summed E-state index contributed by atoms with van der Waals surface area (Å²) in [7, 11) is 0. The number of rotatable bonds is 8. The van der Waals surface area contributed by atoms with Crippen molar-refractivity contribution in [2.75, 3.05) is 13.1 Å². The van der Waals surface area contributed by atoms with Gasteiger partial charge in [0.25, 0.3) is 11.8 Å². The van der Waals surface area contributed by atoms with E-state index in [2.05, 4.69) is 10.6 Å². The third-order valence-corrected chi connectivity index (χ3v) is 5.34. The predicted octanol–water partition coefficient (Wildman–Crippen LogP) is 3.37. The van der Waals surface area contributed by atoms with E-state index in [0.717, 1.165) is 18.2 Å². The Labute approximate surface area is 205 Å². The predicted molar refractivity (Wildman–Crippen MR) is 120 cm³/mol. The number of carbonyl (C=O) groups excluding carboxylic acids is 3. The molecule has 14 heteroatoms. The van der Waals surface area contributed by atoms with Gasteiger partial charge in [-0.05, 0) is 35.4 Å². The van der Waals surface area contributed by atoms with Crippen LogP contribution in [0.2, 0.25) is 0 Å². The number of hydrogen-bond acceptors (Lipinski definition) is 5. The summed E-state index contributed by atoms with van der Waals surface area (Å²) < 4.78 is 77.1. The van der Waals surface area contributed by atoms with E-state index >= 15 is 0 Å². The highest BCUT2D eigenvalue weighted by Gasteiger charge is 2.50. The summed E-state index contributed by atoms with van der Waals surface area (Å²) in [6.45, 7) is -2.31. The molecule has 1 unspecified atom stereocenters. The molecule has 8 nitrogen and oxygen atoms in total. The van der Waals surface area contributed by atoms with Crippen molar-refractivity contribution in [1.29, 1.82) is 5.41 Å². The fraction of sp³-hybridized carbons (Fsp3) is 0.217. The average Bonchev–Trinajstić information content (AvgIpc) is 3.12. The van der Waals surface area contributed by atoms with Crippen LogP contribution in [-0.4, -0.2) is 48.9 Å². The van der Waals surface area contributed by atoms with Crippen LogP contribution in [0.4, 0.5) is 31.1 Å². The Kier molecular flexibility index (Phi) is 7.60. The molecule has 0 radical (unpaired) electrons. The molecule has 2 aromatic carbocycles. The molecule has 1 saturated heterocycles. The van der Waals surface area contributed by atoms with E-state index < -0.39 is 60.1 Å². The molecular weight excluding hydrogens is 508 g/mol. The van der Waals surface area contributed by atoms with Crippen LogP contribution in [0.3, 0.4) is 0 Å². The van der Waals surface area contributed by atoms with Crippen molar-refractivity contribution in [1.82, 2.24) is 21.3 Å². The number of urea groups is 1. The molecule has 1 aliphatic rings. The molecular formula is C23H19F6N5O3. The first kappa shape index (κ1) is 27.2. The zero-order valence-corrected chi connectivity index (χ0v) is 18.7. The molecule has 3 rings (SSSR count). The molecule has 2 aromatic rings. The molecule has 196 valence electrons. The Morgan fingerprint density at radius 1 is 0.973 bits per heavy atom. The van der Waals surface area contributed by atoms with E-state index in [4.69, 9.17) is 5.41 Å². The summed E-state index contributed by atoms with van der Waals surface area (Å²) in [4.78, 5) is 37.5. The Morgan fingerprint density at radius 3 is 2.16 bits per heavy atom. The maximum Gasteiger partial charge on any atom is 0.416 e. The lowest BCUT2D eigenvalue weighted by Gasteiger charge is -2.30. The molecule has 0 aliphatic carbocycles. The maximum absolute atomic E-state index is 13.0. The summed E-state index contributed by atoms with van der Waals surface area (Å²) in [5, 5.41) is 15.7. The molecule has 0 aromatic heterocycles. The molecule has 37 heavy (non-hydrogen) atoms. The van der Waals surface area contributed by atoms with Crippen LogP contribution in [0.1, 0.15) is 15.9 Å². The molecule has 0 bridgehead atoms. The second-order valence-electron chi connectivity index (χ2n) is 7.83. The van der Waals surface area contributed by atoms with Gasteiger partial charge < -0.3 is 21.4 Å². The first-order chi connectivity index (χ1) is 17.3. The van der Waals surface area contributed by atoms with E-state index in [0.29, 0.717) is 6.21 Å². The highest BCUT2D eigenvalue weighted by atomic mass is 19.4. The summed E-state index contributed by atoms with van der Waals surface area (Å²) in [6.07, 6.45) is -7.83. The highest BCUT2D eigenvalue weighted by Crippen LogP contribution is 2.32. The number of imide groups is 1. The zero-order valence-electron chi connectivity index (χ0n) is 18.7. The van der Waals surface area contributed by atoms with Crippen LogP contribution in [-0.2, 0) is 11.0 Å². The minimum Gasteiger partial charge on any atom is -0.377 e. The molecule has 4 amide bonds. The average molecular weight is 527 g/mol. The number of hydrogen-bond donors (Lipinski definition) is 5. The number of nitrogens with one attached hydrogen (secondary N) is 5. The molecule has 1 heterocycles. The summed E-state index contributed by atoms with van der Waals surface area (Å²) in [5.41, 5.74) is -3.08. The summed E-state index contributed by atoms with van der Waals surface area (Å²) in [5.74, 6) is -1.90. The van der Waals surface area contributed by atoms with Crippen LogP contribution >= 0.6 is 0 Å². The van der Waals surface area contributed by atoms with Crippen molar-refractivity contribution in [3.8, 4) is 11.1 Å². The van der Waals surface area contributed by atoms with Gasteiger partial charge in [0.05, 0.1) is 17.8 Å². The first-order valence-electron chi connectivity index (χ1n) is 10.5. The molecule has 1 aliphatic heterocycles. The number of halogens is 6. The largest absolute Gasteiger partial charge is 0.416 e. The second kappa shape index (κ2) is 10.3. The lowest BCUT2D eigenvalue weighted by atomic mass is 9.93. The van der Waals surface area contributed by atoms with Crippen molar-refractivity contribution >= 4 is 24.1 Å². The monoisotopic (exact) mass is 527 g/mol.